The zero-order valence-electron chi connectivity index (χ0n) is 13.1. The molecule has 2 atom stereocenters. The van der Waals surface area contributed by atoms with Crippen LogP contribution in [0, 0.1) is 0 Å². The molecule has 0 aliphatic heterocycles. The molecule has 1 aliphatic carbocycles. The van der Waals surface area contributed by atoms with Crippen molar-refractivity contribution < 1.29 is 4.79 Å². The van der Waals surface area contributed by atoms with Gasteiger partial charge in [0.25, 0.3) is 11.5 Å². The van der Waals surface area contributed by atoms with Crippen LogP contribution < -0.4 is 22.3 Å². The number of aromatic amines is 2. The number of carbonyl (C=O) groups is 1. The summed E-state index contributed by atoms with van der Waals surface area (Å²) in [5.74, 6) is -0.323. The zero-order chi connectivity index (χ0) is 18.1. The molecule has 25 heavy (non-hydrogen) atoms. The van der Waals surface area contributed by atoms with Gasteiger partial charge in [0.2, 0.25) is 0 Å². The van der Waals surface area contributed by atoms with E-state index in [0.29, 0.717) is 10.0 Å². The SMILES string of the molecule is Nc1c(C(=O)N[C@H]2CC[C@H](c3ccc(Cl)c(Cl)c3)C2)[nH]c(=O)[nH]c1=O. The van der Waals surface area contributed by atoms with Gasteiger partial charge in [0.15, 0.2) is 0 Å². The van der Waals surface area contributed by atoms with E-state index in [1.54, 1.807) is 6.07 Å². The summed E-state index contributed by atoms with van der Waals surface area (Å²) in [6.45, 7) is 0. The molecule has 1 saturated carbocycles. The van der Waals surface area contributed by atoms with Crippen LogP contribution in [0.4, 0.5) is 5.69 Å². The number of hydrogen-bond donors (Lipinski definition) is 4. The summed E-state index contributed by atoms with van der Waals surface area (Å²) in [5, 5.41) is 3.82. The number of H-pyrrole nitrogens is 2. The van der Waals surface area contributed by atoms with Crippen molar-refractivity contribution in [2.24, 2.45) is 0 Å². The minimum Gasteiger partial charge on any atom is -0.392 e. The molecule has 1 aromatic carbocycles. The van der Waals surface area contributed by atoms with Crippen molar-refractivity contribution in [3.05, 3.63) is 60.3 Å². The summed E-state index contributed by atoms with van der Waals surface area (Å²) in [6, 6.07) is 5.43. The molecule has 0 unspecified atom stereocenters. The van der Waals surface area contributed by atoms with Crippen LogP contribution in [0.1, 0.15) is 41.2 Å². The summed E-state index contributed by atoms with van der Waals surface area (Å²) in [4.78, 5) is 39.4. The van der Waals surface area contributed by atoms with Gasteiger partial charge in [0.1, 0.15) is 11.4 Å². The smallest absolute Gasteiger partial charge is 0.326 e. The van der Waals surface area contributed by atoms with Crippen LogP contribution in [0.15, 0.2) is 27.8 Å². The Hall–Kier alpha value is -2.25. The van der Waals surface area contributed by atoms with Gasteiger partial charge in [-0.3, -0.25) is 14.6 Å². The maximum absolute atomic E-state index is 12.3. The third-order valence-electron chi connectivity index (χ3n) is 4.39. The predicted molar refractivity (Wildman–Crippen MR) is 96.4 cm³/mol. The summed E-state index contributed by atoms with van der Waals surface area (Å²) in [6.07, 6.45) is 2.37. The molecule has 2 aromatic rings. The van der Waals surface area contributed by atoms with Gasteiger partial charge in [-0.15, -0.1) is 0 Å². The highest BCUT2D eigenvalue weighted by Crippen LogP contribution is 2.36. The van der Waals surface area contributed by atoms with E-state index < -0.39 is 17.2 Å². The lowest BCUT2D eigenvalue weighted by Crippen LogP contribution is -2.37. The summed E-state index contributed by atoms with van der Waals surface area (Å²) >= 11 is 12.0. The van der Waals surface area contributed by atoms with Gasteiger partial charge in [-0.05, 0) is 42.9 Å². The number of rotatable bonds is 3. The number of nitrogens with two attached hydrogens (primary N) is 1. The minimum atomic E-state index is -0.783. The van der Waals surface area contributed by atoms with E-state index in [-0.39, 0.29) is 23.3 Å². The number of nitrogens with one attached hydrogen (secondary N) is 3. The average Bonchev–Trinajstić information content (AvgIpc) is 3.01. The lowest BCUT2D eigenvalue weighted by molar-refractivity contribution is 0.0933. The topological polar surface area (TPSA) is 121 Å². The van der Waals surface area contributed by atoms with Crippen molar-refractivity contribution in [3.8, 4) is 0 Å². The molecule has 0 bridgehead atoms. The highest BCUT2D eigenvalue weighted by molar-refractivity contribution is 6.42. The fourth-order valence-electron chi connectivity index (χ4n) is 3.11. The third kappa shape index (κ3) is 3.72. The molecule has 132 valence electrons. The van der Waals surface area contributed by atoms with Crippen molar-refractivity contribution in [3.63, 3.8) is 0 Å². The van der Waals surface area contributed by atoms with E-state index >= 15 is 0 Å². The Balaban J connectivity index is 1.71. The summed E-state index contributed by atoms with van der Waals surface area (Å²) in [5.41, 5.74) is 4.56. The Morgan fingerprint density at radius 2 is 1.92 bits per heavy atom. The van der Waals surface area contributed by atoms with E-state index in [9.17, 15) is 14.4 Å². The molecule has 0 radical (unpaired) electrons. The summed E-state index contributed by atoms with van der Waals surface area (Å²) in [7, 11) is 0. The molecule has 1 fully saturated rings. The monoisotopic (exact) mass is 382 g/mol. The van der Waals surface area contributed by atoms with Gasteiger partial charge in [0.05, 0.1) is 10.0 Å². The van der Waals surface area contributed by atoms with Crippen LogP contribution in [0.25, 0.3) is 0 Å². The third-order valence-corrected chi connectivity index (χ3v) is 5.13. The minimum absolute atomic E-state index is 0.0888. The van der Waals surface area contributed by atoms with Crippen molar-refractivity contribution in [1.29, 1.82) is 0 Å². The van der Waals surface area contributed by atoms with Gasteiger partial charge >= 0.3 is 5.69 Å². The van der Waals surface area contributed by atoms with E-state index in [1.165, 1.54) is 0 Å². The number of hydrogen-bond acceptors (Lipinski definition) is 4. The Bertz CT molecular complexity index is 938. The first-order valence-electron chi connectivity index (χ1n) is 7.73. The van der Waals surface area contributed by atoms with Crippen LogP contribution in [0.2, 0.25) is 10.0 Å². The lowest BCUT2D eigenvalue weighted by atomic mass is 9.97. The first kappa shape index (κ1) is 17.6. The first-order chi connectivity index (χ1) is 11.8. The van der Waals surface area contributed by atoms with Gasteiger partial charge < -0.3 is 16.0 Å². The molecule has 1 amide bonds. The number of amides is 1. The second-order valence-electron chi connectivity index (χ2n) is 6.05. The number of halogens is 2. The van der Waals surface area contributed by atoms with Crippen LogP contribution in [0.3, 0.4) is 0 Å². The van der Waals surface area contributed by atoms with Crippen molar-refractivity contribution in [2.75, 3.05) is 5.73 Å². The highest BCUT2D eigenvalue weighted by atomic mass is 35.5. The van der Waals surface area contributed by atoms with Gasteiger partial charge in [-0.25, -0.2) is 4.79 Å². The molecule has 0 spiro atoms. The molecule has 9 heteroatoms. The van der Waals surface area contributed by atoms with Gasteiger partial charge in [-0.2, -0.15) is 0 Å². The van der Waals surface area contributed by atoms with E-state index in [0.717, 1.165) is 24.8 Å². The molecule has 1 heterocycles. The zero-order valence-corrected chi connectivity index (χ0v) is 14.6. The second-order valence-corrected chi connectivity index (χ2v) is 6.87. The van der Waals surface area contributed by atoms with E-state index in [1.807, 2.05) is 17.1 Å². The van der Waals surface area contributed by atoms with Crippen molar-refractivity contribution in [1.82, 2.24) is 15.3 Å². The van der Waals surface area contributed by atoms with Crippen LogP contribution in [-0.2, 0) is 0 Å². The van der Waals surface area contributed by atoms with Gasteiger partial charge in [-0.1, -0.05) is 29.3 Å². The standard InChI is InChI=1S/C16H16Cl2N4O3/c17-10-4-2-8(6-11(10)18)7-1-3-9(5-7)20-15(24)13-12(19)14(23)22-16(25)21-13/h2,4,6-7,9H,1,3,5,19H2,(H,20,24)(H2,21,22,23,25)/t7-,9-/m0/s1. The second kappa shape index (κ2) is 6.93. The van der Waals surface area contributed by atoms with Crippen LogP contribution >= 0.6 is 23.2 Å². The molecule has 5 N–H and O–H groups in total. The van der Waals surface area contributed by atoms with Crippen LogP contribution in [-0.4, -0.2) is 21.9 Å². The molecule has 3 rings (SSSR count). The van der Waals surface area contributed by atoms with E-state index in [2.05, 4.69) is 10.3 Å². The number of benzene rings is 1. The maximum Gasteiger partial charge on any atom is 0.326 e. The Morgan fingerprint density at radius 3 is 2.64 bits per heavy atom. The first-order valence-corrected chi connectivity index (χ1v) is 8.48. The molecule has 7 nitrogen and oxygen atoms in total. The number of anilines is 1. The van der Waals surface area contributed by atoms with Gasteiger partial charge in [0, 0.05) is 6.04 Å². The molecule has 0 saturated heterocycles. The number of nitrogen functional groups attached to an aromatic ring is 1. The number of carbonyl (C=O) groups excluding carboxylic acids is 1. The average molecular weight is 383 g/mol. The van der Waals surface area contributed by atoms with E-state index in [4.69, 9.17) is 28.9 Å². The Labute approximate surface area is 152 Å². The normalized spacial score (nSPS) is 19.8. The molecular formula is C16H16Cl2N4O3. The summed E-state index contributed by atoms with van der Waals surface area (Å²) < 4.78 is 0. The number of aromatic nitrogens is 2. The predicted octanol–water partition coefficient (Wildman–Crippen LogP) is 2.02. The Kier molecular flexibility index (Phi) is 4.87. The molecule has 1 aliphatic rings. The molecular weight excluding hydrogens is 367 g/mol. The Morgan fingerprint density at radius 1 is 1.16 bits per heavy atom. The van der Waals surface area contributed by atoms with Crippen LogP contribution in [0.5, 0.6) is 0 Å². The maximum atomic E-state index is 12.3. The largest absolute Gasteiger partial charge is 0.392 e. The fourth-order valence-corrected chi connectivity index (χ4v) is 3.42. The van der Waals surface area contributed by atoms with Crippen molar-refractivity contribution in [2.45, 2.75) is 31.2 Å². The lowest BCUT2D eigenvalue weighted by Gasteiger charge is -2.14. The fraction of sp³-hybridized carbons (Fsp3) is 0.312. The quantitative estimate of drug-likeness (QED) is 0.648. The van der Waals surface area contributed by atoms with Crippen molar-refractivity contribution >= 4 is 34.8 Å². The molecule has 1 aromatic heterocycles. The highest BCUT2D eigenvalue weighted by Gasteiger charge is 2.28.